The molecule has 0 aromatic carbocycles. The summed E-state index contributed by atoms with van der Waals surface area (Å²) in [6.07, 6.45) is 91.9. The molecule has 0 aliphatic rings. The predicted molar refractivity (Wildman–Crippen MR) is 366 cm³/mol. The van der Waals surface area contributed by atoms with Crippen LogP contribution in [0.5, 0.6) is 0 Å². The summed E-state index contributed by atoms with van der Waals surface area (Å²) in [6.45, 7) is 4.95. The summed E-state index contributed by atoms with van der Waals surface area (Å²) in [6, 6.07) is -0.624. The number of aliphatic hydroxyl groups is 2. The highest BCUT2D eigenvalue weighted by Crippen LogP contribution is 2.20. The van der Waals surface area contributed by atoms with E-state index in [0.717, 1.165) is 38.5 Å². The Morgan fingerprint density at radius 2 is 0.554 bits per heavy atom. The SMILES string of the molecule is CCCCCCCCCCCCCCCCCCCC/C=C/C(O)C(CO)NC(=O)CCCCCCCCCCCCCCCCCCCCCCCCCCCCCCCCCCCCCOC(=O)CCCCCCCCCCCCC. The van der Waals surface area contributed by atoms with Gasteiger partial charge in [-0.1, -0.05) is 411 Å². The molecule has 2 unspecified atom stereocenters. The highest BCUT2D eigenvalue weighted by molar-refractivity contribution is 5.76. The Balaban J connectivity index is 3.33. The number of carbonyl (C=O) groups is 2. The average molecular weight is 1170 g/mol. The summed E-state index contributed by atoms with van der Waals surface area (Å²) in [5.41, 5.74) is 0. The smallest absolute Gasteiger partial charge is 0.305 e. The highest BCUT2D eigenvalue weighted by Gasteiger charge is 2.18. The van der Waals surface area contributed by atoms with Crippen molar-refractivity contribution in [2.75, 3.05) is 13.2 Å². The minimum Gasteiger partial charge on any atom is -0.466 e. The molecule has 0 aromatic rings. The fourth-order valence-corrected chi connectivity index (χ4v) is 12.5. The van der Waals surface area contributed by atoms with Crippen LogP contribution in [0.25, 0.3) is 0 Å². The number of allylic oxidation sites excluding steroid dienone is 1. The zero-order valence-electron chi connectivity index (χ0n) is 56.7. The van der Waals surface area contributed by atoms with E-state index < -0.39 is 12.1 Å². The molecule has 83 heavy (non-hydrogen) atoms. The van der Waals surface area contributed by atoms with Crippen LogP contribution < -0.4 is 5.32 Å². The molecule has 0 fully saturated rings. The van der Waals surface area contributed by atoms with Crippen LogP contribution in [-0.2, 0) is 14.3 Å². The molecule has 0 aromatic heterocycles. The van der Waals surface area contributed by atoms with Gasteiger partial charge >= 0.3 is 5.97 Å². The topological polar surface area (TPSA) is 95.9 Å². The predicted octanol–water partition coefficient (Wildman–Crippen LogP) is 25.1. The van der Waals surface area contributed by atoms with Crippen LogP contribution in [-0.4, -0.2) is 47.4 Å². The van der Waals surface area contributed by atoms with E-state index >= 15 is 0 Å². The van der Waals surface area contributed by atoms with E-state index in [4.69, 9.17) is 4.74 Å². The molecular weight excluding hydrogens is 1020 g/mol. The van der Waals surface area contributed by atoms with Crippen LogP contribution in [0, 0.1) is 0 Å². The fraction of sp³-hybridized carbons (Fsp3) is 0.948. The largest absolute Gasteiger partial charge is 0.466 e. The molecule has 2 atom stereocenters. The first kappa shape index (κ1) is 81.6. The van der Waals surface area contributed by atoms with Gasteiger partial charge in [-0.05, 0) is 32.1 Å². The molecule has 6 heteroatoms. The zero-order valence-corrected chi connectivity index (χ0v) is 56.7. The Kier molecular flexibility index (Phi) is 71.8. The summed E-state index contributed by atoms with van der Waals surface area (Å²) >= 11 is 0. The van der Waals surface area contributed by atoms with Crippen molar-refractivity contribution in [3.63, 3.8) is 0 Å². The van der Waals surface area contributed by atoms with E-state index in [9.17, 15) is 19.8 Å². The number of hydrogen-bond acceptors (Lipinski definition) is 5. The third-order valence-electron chi connectivity index (χ3n) is 18.3. The van der Waals surface area contributed by atoms with Gasteiger partial charge in [-0.3, -0.25) is 9.59 Å². The molecule has 0 bridgehead atoms. The van der Waals surface area contributed by atoms with E-state index in [2.05, 4.69) is 19.2 Å². The summed E-state index contributed by atoms with van der Waals surface area (Å²) in [4.78, 5) is 24.6. The number of carbonyl (C=O) groups excluding carboxylic acids is 2. The molecule has 0 rings (SSSR count). The van der Waals surface area contributed by atoms with E-state index in [1.165, 1.54) is 379 Å². The van der Waals surface area contributed by atoms with Crippen molar-refractivity contribution >= 4 is 11.9 Å². The Labute approximate surface area is 520 Å². The third-order valence-corrected chi connectivity index (χ3v) is 18.3. The molecule has 494 valence electrons. The van der Waals surface area contributed by atoms with Crippen molar-refractivity contribution in [2.45, 2.75) is 456 Å². The summed E-state index contributed by atoms with van der Waals surface area (Å²) in [5, 5.41) is 23.3. The molecule has 0 spiro atoms. The summed E-state index contributed by atoms with van der Waals surface area (Å²) in [7, 11) is 0. The lowest BCUT2D eigenvalue weighted by Crippen LogP contribution is -2.45. The molecule has 1 amide bonds. The number of amides is 1. The van der Waals surface area contributed by atoms with Gasteiger partial charge in [-0.25, -0.2) is 0 Å². The highest BCUT2D eigenvalue weighted by atomic mass is 16.5. The molecule has 0 aliphatic heterocycles. The fourth-order valence-electron chi connectivity index (χ4n) is 12.5. The van der Waals surface area contributed by atoms with Crippen molar-refractivity contribution in [3.8, 4) is 0 Å². The first-order valence-corrected chi connectivity index (χ1v) is 38.5. The van der Waals surface area contributed by atoms with Crippen molar-refractivity contribution < 1.29 is 24.5 Å². The van der Waals surface area contributed by atoms with Gasteiger partial charge in [0, 0.05) is 12.8 Å². The van der Waals surface area contributed by atoms with Crippen molar-refractivity contribution in [1.82, 2.24) is 5.32 Å². The maximum absolute atomic E-state index is 12.5. The molecule has 0 aliphatic carbocycles. The van der Waals surface area contributed by atoms with Crippen LogP contribution in [0.4, 0.5) is 0 Å². The van der Waals surface area contributed by atoms with Crippen molar-refractivity contribution in [1.29, 1.82) is 0 Å². The zero-order chi connectivity index (χ0) is 59.9. The van der Waals surface area contributed by atoms with Crippen molar-refractivity contribution in [3.05, 3.63) is 12.2 Å². The van der Waals surface area contributed by atoms with E-state index in [0.29, 0.717) is 19.4 Å². The van der Waals surface area contributed by atoms with Gasteiger partial charge in [0.25, 0.3) is 0 Å². The lowest BCUT2D eigenvalue weighted by Gasteiger charge is -2.20. The molecule has 0 saturated carbocycles. The first-order chi connectivity index (χ1) is 41.0. The van der Waals surface area contributed by atoms with Gasteiger partial charge in [-0.2, -0.15) is 0 Å². The minimum atomic E-state index is -0.841. The maximum Gasteiger partial charge on any atom is 0.305 e. The van der Waals surface area contributed by atoms with E-state index in [1.807, 2.05) is 6.08 Å². The maximum atomic E-state index is 12.5. The van der Waals surface area contributed by atoms with Gasteiger partial charge in [0.05, 0.1) is 25.4 Å². The normalized spacial score (nSPS) is 12.5. The van der Waals surface area contributed by atoms with Gasteiger partial charge in [-0.15, -0.1) is 0 Å². The number of esters is 1. The molecule has 3 N–H and O–H groups in total. The summed E-state index contributed by atoms with van der Waals surface area (Å²) in [5.74, 6) is -0.0348. The van der Waals surface area contributed by atoms with Crippen LogP contribution >= 0.6 is 0 Å². The molecule has 0 heterocycles. The summed E-state index contributed by atoms with van der Waals surface area (Å²) < 4.78 is 5.48. The van der Waals surface area contributed by atoms with Crippen LogP contribution in [0.1, 0.15) is 444 Å². The number of ether oxygens (including phenoxy) is 1. The molecule has 0 saturated heterocycles. The first-order valence-electron chi connectivity index (χ1n) is 38.5. The standard InChI is InChI=1S/C77H151NO5/c1-3-5-7-9-11-13-15-16-17-18-19-37-40-43-46-50-53-57-61-65-69-75(80)74(73-79)78-76(81)70-66-62-58-54-51-47-44-41-38-35-33-31-29-27-25-23-21-20-22-24-26-28-30-32-34-36-39-42-45-48-52-56-60-64-68-72-83-77(82)71-67-63-59-55-49-14-12-10-8-6-4-2/h65,69,74-75,79-80H,3-64,66-68,70-73H2,1-2H3,(H,78,81)/b69-65+. The molecule has 6 nitrogen and oxygen atoms in total. The number of hydrogen-bond donors (Lipinski definition) is 3. The number of rotatable bonds is 73. The van der Waals surface area contributed by atoms with Gasteiger partial charge in [0.1, 0.15) is 0 Å². The monoisotopic (exact) mass is 1170 g/mol. The Morgan fingerprint density at radius 3 is 0.819 bits per heavy atom. The number of aliphatic hydroxyl groups excluding tert-OH is 2. The van der Waals surface area contributed by atoms with Crippen LogP contribution in [0.15, 0.2) is 12.2 Å². The quantitative estimate of drug-likeness (QED) is 0.0320. The Bertz CT molecular complexity index is 1260. The second kappa shape index (κ2) is 73.1. The van der Waals surface area contributed by atoms with Gasteiger partial charge in [0.2, 0.25) is 5.91 Å². The van der Waals surface area contributed by atoms with Gasteiger partial charge in [0.15, 0.2) is 0 Å². The Hall–Kier alpha value is -1.40. The van der Waals surface area contributed by atoms with Gasteiger partial charge < -0.3 is 20.3 Å². The average Bonchev–Trinajstić information content (AvgIpc) is 3.50. The Morgan fingerprint density at radius 1 is 0.325 bits per heavy atom. The number of nitrogens with one attached hydrogen (secondary N) is 1. The molecular formula is C77H151NO5. The van der Waals surface area contributed by atoms with Crippen LogP contribution in [0.2, 0.25) is 0 Å². The number of unbranched alkanes of at least 4 members (excludes halogenated alkanes) is 62. The van der Waals surface area contributed by atoms with Crippen molar-refractivity contribution in [2.24, 2.45) is 0 Å². The molecule has 0 radical (unpaired) electrons. The van der Waals surface area contributed by atoms with E-state index in [1.54, 1.807) is 6.08 Å². The third kappa shape index (κ3) is 69.6. The second-order valence-electron chi connectivity index (χ2n) is 26.7. The van der Waals surface area contributed by atoms with Crippen LogP contribution in [0.3, 0.4) is 0 Å². The lowest BCUT2D eigenvalue weighted by molar-refractivity contribution is -0.143. The lowest BCUT2D eigenvalue weighted by atomic mass is 10.0. The second-order valence-corrected chi connectivity index (χ2v) is 26.7. The minimum absolute atomic E-state index is 0.0230. The van der Waals surface area contributed by atoms with E-state index in [-0.39, 0.29) is 18.5 Å².